The largest absolute Gasteiger partial charge is 0.355 e. The number of halogens is 1. The molecule has 1 fully saturated rings. The van der Waals surface area contributed by atoms with E-state index in [1.54, 1.807) is 11.3 Å². The SMILES string of the molecule is Cc1nc(N2CCC3(CC2)Cc2ncccc2[C@H]3N)c2ccnn2c1-c1cccs1.Cl. The van der Waals surface area contributed by atoms with Crippen molar-refractivity contribution < 1.29 is 0 Å². The van der Waals surface area contributed by atoms with Gasteiger partial charge in [0, 0.05) is 31.0 Å². The van der Waals surface area contributed by atoms with Crippen LogP contribution in [0.1, 0.15) is 35.8 Å². The van der Waals surface area contributed by atoms with Crippen molar-refractivity contribution in [1.82, 2.24) is 19.6 Å². The number of aryl methyl sites for hydroxylation is 1. The fourth-order valence-electron chi connectivity index (χ4n) is 5.31. The van der Waals surface area contributed by atoms with Crippen LogP contribution >= 0.6 is 23.7 Å². The Kier molecular flexibility index (Phi) is 5.00. The third-order valence-electron chi connectivity index (χ3n) is 6.95. The van der Waals surface area contributed by atoms with Crippen molar-refractivity contribution in [1.29, 1.82) is 0 Å². The van der Waals surface area contributed by atoms with Crippen LogP contribution in [0, 0.1) is 12.3 Å². The number of fused-ring (bicyclic) bond motifs is 2. The fraction of sp³-hybridized carbons (Fsp3) is 0.348. The molecule has 2 N–H and O–H groups in total. The Balaban J connectivity index is 0.00000204. The summed E-state index contributed by atoms with van der Waals surface area (Å²) in [7, 11) is 0. The van der Waals surface area contributed by atoms with Gasteiger partial charge in [-0.2, -0.15) is 5.10 Å². The fourth-order valence-corrected chi connectivity index (χ4v) is 6.11. The van der Waals surface area contributed by atoms with Gasteiger partial charge in [-0.15, -0.1) is 23.7 Å². The monoisotopic (exact) mass is 452 g/mol. The Bertz CT molecular complexity index is 1230. The molecule has 0 saturated carbocycles. The average Bonchev–Trinajstić information content (AvgIpc) is 3.50. The van der Waals surface area contributed by atoms with E-state index < -0.39 is 0 Å². The molecule has 160 valence electrons. The number of hydrogen-bond donors (Lipinski definition) is 1. The molecule has 2 aliphatic rings. The third kappa shape index (κ3) is 3.06. The van der Waals surface area contributed by atoms with Crippen molar-refractivity contribution in [3.05, 3.63) is 65.1 Å². The molecule has 4 aromatic rings. The number of nitrogens with zero attached hydrogens (tertiary/aromatic N) is 5. The Morgan fingerprint density at radius 2 is 1.97 bits per heavy atom. The number of nitrogens with two attached hydrogens (primary N) is 1. The van der Waals surface area contributed by atoms with Crippen LogP contribution in [0.4, 0.5) is 5.82 Å². The Morgan fingerprint density at radius 1 is 1.13 bits per heavy atom. The highest BCUT2D eigenvalue weighted by Crippen LogP contribution is 2.50. The topological polar surface area (TPSA) is 72.3 Å². The van der Waals surface area contributed by atoms with Gasteiger partial charge in [-0.25, -0.2) is 9.50 Å². The number of aromatic nitrogens is 4. The summed E-state index contributed by atoms with van der Waals surface area (Å²) in [4.78, 5) is 13.3. The number of hydrogen-bond acceptors (Lipinski definition) is 6. The lowest BCUT2D eigenvalue weighted by Crippen LogP contribution is -2.44. The summed E-state index contributed by atoms with van der Waals surface area (Å²) in [6.45, 7) is 3.99. The number of piperidine rings is 1. The minimum Gasteiger partial charge on any atom is -0.355 e. The second-order valence-corrected chi connectivity index (χ2v) is 9.47. The summed E-state index contributed by atoms with van der Waals surface area (Å²) in [5.41, 5.74) is 12.4. The van der Waals surface area contributed by atoms with E-state index in [-0.39, 0.29) is 23.9 Å². The maximum atomic E-state index is 6.73. The highest BCUT2D eigenvalue weighted by atomic mass is 35.5. The van der Waals surface area contributed by atoms with Crippen molar-refractivity contribution in [3.8, 4) is 10.6 Å². The first kappa shape index (κ1) is 20.4. The Labute approximate surface area is 191 Å². The Hall–Kier alpha value is -2.48. The summed E-state index contributed by atoms with van der Waals surface area (Å²) in [6.07, 6.45) is 6.86. The van der Waals surface area contributed by atoms with Crippen molar-refractivity contribution in [2.45, 2.75) is 32.2 Å². The van der Waals surface area contributed by atoms with Crippen LogP contribution in [0.2, 0.25) is 0 Å². The molecule has 0 bridgehead atoms. The molecule has 31 heavy (non-hydrogen) atoms. The van der Waals surface area contributed by atoms with Gasteiger partial charge < -0.3 is 10.6 Å². The average molecular weight is 453 g/mol. The van der Waals surface area contributed by atoms with Gasteiger partial charge >= 0.3 is 0 Å². The summed E-state index contributed by atoms with van der Waals surface area (Å²) < 4.78 is 2.05. The van der Waals surface area contributed by atoms with E-state index in [2.05, 4.69) is 56.1 Å². The van der Waals surface area contributed by atoms with Crippen LogP contribution in [-0.2, 0) is 6.42 Å². The quantitative estimate of drug-likeness (QED) is 0.487. The van der Waals surface area contributed by atoms with Gasteiger partial charge in [0.25, 0.3) is 0 Å². The van der Waals surface area contributed by atoms with Gasteiger partial charge in [-0.05, 0) is 60.7 Å². The highest BCUT2D eigenvalue weighted by molar-refractivity contribution is 7.13. The summed E-state index contributed by atoms with van der Waals surface area (Å²) in [5.74, 6) is 1.03. The summed E-state index contributed by atoms with van der Waals surface area (Å²) in [5, 5.41) is 6.73. The molecule has 8 heteroatoms. The van der Waals surface area contributed by atoms with Gasteiger partial charge in [-0.1, -0.05) is 12.1 Å². The predicted molar refractivity (Wildman–Crippen MR) is 127 cm³/mol. The zero-order valence-corrected chi connectivity index (χ0v) is 19.0. The molecule has 4 aromatic heterocycles. The number of pyridine rings is 1. The zero-order chi connectivity index (χ0) is 20.3. The van der Waals surface area contributed by atoms with Crippen LogP contribution in [0.5, 0.6) is 0 Å². The second-order valence-electron chi connectivity index (χ2n) is 8.52. The number of rotatable bonds is 2. The molecule has 1 aliphatic carbocycles. The van der Waals surface area contributed by atoms with Crippen LogP contribution in [0.25, 0.3) is 16.1 Å². The standard InChI is InChI=1S/C23H24N6S.ClH/c1-15-20(19-5-3-13-30-19)29-18(6-10-26-29)22(27-15)28-11-7-23(8-12-28)14-17-16(21(23)24)4-2-9-25-17;/h2-6,9-10,13,21H,7-8,11-12,14,24H2,1H3;1H/t21-;/m1./s1. The lowest BCUT2D eigenvalue weighted by Gasteiger charge is -2.42. The van der Waals surface area contributed by atoms with E-state index in [0.29, 0.717) is 0 Å². The molecule has 5 heterocycles. The van der Waals surface area contributed by atoms with E-state index in [0.717, 1.165) is 55.1 Å². The van der Waals surface area contributed by atoms with Crippen molar-refractivity contribution >= 4 is 35.1 Å². The van der Waals surface area contributed by atoms with Gasteiger partial charge in [0.05, 0.1) is 16.8 Å². The highest BCUT2D eigenvalue weighted by Gasteiger charge is 2.46. The van der Waals surface area contributed by atoms with Crippen LogP contribution in [-0.4, -0.2) is 32.7 Å². The molecule has 6 nitrogen and oxygen atoms in total. The maximum absolute atomic E-state index is 6.73. The number of thiophene rings is 1. The van der Waals surface area contributed by atoms with E-state index in [1.165, 1.54) is 16.1 Å². The smallest absolute Gasteiger partial charge is 0.155 e. The normalized spacial score (nSPS) is 19.5. The third-order valence-corrected chi connectivity index (χ3v) is 7.83. The van der Waals surface area contributed by atoms with E-state index >= 15 is 0 Å². The summed E-state index contributed by atoms with van der Waals surface area (Å²) in [6, 6.07) is 10.5. The van der Waals surface area contributed by atoms with E-state index in [4.69, 9.17) is 10.7 Å². The number of anilines is 1. The molecular formula is C23H25ClN6S. The zero-order valence-electron chi connectivity index (χ0n) is 17.4. The van der Waals surface area contributed by atoms with Crippen LogP contribution in [0.15, 0.2) is 48.1 Å². The summed E-state index contributed by atoms with van der Waals surface area (Å²) >= 11 is 1.72. The van der Waals surface area contributed by atoms with Crippen molar-refractivity contribution in [2.75, 3.05) is 18.0 Å². The van der Waals surface area contributed by atoms with Crippen LogP contribution in [0.3, 0.4) is 0 Å². The van der Waals surface area contributed by atoms with E-state index in [9.17, 15) is 0 Å². The van der Waals surface area contributed by atoms with Gasteiger partial charge in [0.1, 0.15) is 11.2 Å². The lowest BCUT2D eigenvalue weighted by molar-refractivity contribution is 0.187. The van der Waals surface area contributed by atoms with Gasteiger partial charge in [-0.3, -0.25) is 4.98 Å². The van der Waals surface area contributed by atoms with Crippen LogP contribution < -0.4 is 10.6 Å². The maximum Gasteiger partial charge on any atom is 0.155 e. The molecule has 1 aliphatic heterocycles. The van der Waals surface area contributed by atoms with Gasteiger partial charge in [0.15, 0.2) is 5.82 Å². The minimum absolute atomic E-state index is 0. The van der Waals surface area contributed by atoms with Crippen molar-refractivity contribution in [2.24, 2.45) is 11.1 Å². The molecule has 0 unspecified atom stereocenters. The molecular weight excluding hydrogens is 428 g/mol. The molecule has 0 radical (unpaired) electrons. The molecule has 0 aromatic carbocycles. The minimum atomic E-state index is 0. The molecule has 6 rings (SSSR count). The van der Waals surface area contributed by atoms with Crippen molar-refractivity contribution in [3.63, 3.8) is 0 Å². The molecule has 1 saturated heterocycles. The first-order valence-electron chi connectivity index (χ1n) is 10.5. The predicted octanol–water partition coefficient (Wildman–Crippen LogP) is 4.43. The first-order valence-corrected chi connectivity index (χ1v) is 11.4. The lowest BCUT2D eigenvalue weighted by atomic mass is 9.73. The molecule has 1 spiro atoms. The molecule has 1 atom stereocenters. The second kappa shape index (κ2) is 7.58. The Morgan fingerprint density at radius 3 is 2.71 bits per heavy atom. The van der Waals surface area contributed by atoms with E-state index in [1.807, 2.05) is 18.5 Å². The van der Waals surface area contributed by atoms with Gasteiger partial charge in [0.2, 0.25) is 0 Å². The first-order chi connectivity index (χ1) is 14.7. The molecule has 0 amide bonds.